The smallest absolute Gasteiger partial charge is 0.308 e. The summed E-state index contributed by atoms with van der Waals surface area (Å²) in [4.78, 5) is 23.0. The van der Waals surface area contributed by atoms with Gasteiger partial charge in [-0.1, -0.05) is 6.92 Å². The summed E-state index contributed by atoms with van der Waals surface area (Å²) in [5, 5.41) is 11.5. The highest BCUT2D eigenvalue weighted by atomic mass is 16.5. The van der Waals surface area contributed by atoms with Gasteiger partial charge in [-0.3, -0.25) is 9.59 Å². The Morgan fingerprint density at radius 3 is 2.50 bits per heavy atom. The van der Waals surface area contributed by atoms with Crippen molar-refractivity contribution >= 4 is 11.9 Å². The van der Waals surface area contributed by atoms with Crippen LogP contribution >= 0.6 is 0 Å². The fourth-order valence-corrected chi connectivity index (χ4v) is 1.71. The van der Waals surface area contributed by atoms with Gasteiger partial charge in [0.25, 0.3) is 5.91 Å². The number of amides is 1. The topological polar surface area (TPSA) is 84.9 Å². The highest BCUT2D eigenvalue weighted by Gasteiger charge is 2.18. The van der Waals surface area contributed by atoms with Gasteiger partial charge in [0.05, 0.1) is 25.7 Å². The Hall–Kier alpha value is -2.24. The maximum atomic E-state index is 12.1. The number of carbonyl (C=O) groups is 2. The van der Waals surface area contributed by atoms with E-state index in [1.807, 2.05) is 0 Å². The van der Waals surface area contributed by atoms with E-state index in [2.05, 4.69) is 5.32 Å². The molecule has 1 aromatic carbocycles. The molecule has 0 fully saturated rings. The number of hydrogen-bond acceptors (Lipinski definition) is 4. The number of carbonyl (C=O) groups excluding carboxylic acids is 1. The zero-order valence-corrected chi connectivity index (χ0v) is 11.8. The summed E-state index contributed by atoms with van der Waals surface area (Å²) < 4.78 is 10.2. The number of methoxy groups -OCH3 is 2. The fraction of sp³-hybridized carbons (Fsp3) is 0.429. The highest BCUT2D eigenvalue weighted by molar-refractivity contribution is 5.97. The number of aliphatic carboxylic acids is 1. The molecule has 1 aromatic rings. The zero-order chi connectivity index (χ0) is 15.1. The summed E-state index contributed by atoms with van der Waals surface area (Å²) in [5.41, 5.74) is 0.312. The fourth-order valence-electron chi connectivity index (χ4n) is 1.71. The van der Waals surface area contributed by atoms with Crippen molar-refractivity contribution in [2.24, 2.45) is 5.92 Å². The minimum atomic E-state index is -0.926. The van der Waals surface area contributed by atoms with E-state index in [4.69, 9.17) is 14.6 Å². The second-order valence-electron chi connectivity index (χ2n) is 4.22. The number of carboxylic acids is 1. The first-order chi connectivity index (χ1) is 9.53. The Labute approximate surface area is 117 Å². The van der Waals surface area contributed by atoms with E-state index in [0.29, 0.717) is 23.5 Å². The Kier molecular flexibility index (Phi) is 5.83. The van der Waals surface area contributed by atoms with Gasteiger partial charge in [-0.15, -0.1) is 0 Å². The molecule has 1 amide bonds. The summed E-state index contributed by atoms with van der Waals surface area (Å²) in [6.45, 7) is 1.84. The first kappa shape index (κ1) is 15.8. The largest absolute Gasteiger partial charge is 0.497 e. The predicted molar refractivity (Wildman–Crippen MR) is 73.3 cm³/mol. The van der Waals surface area contributed by atoms with E-state index in [9.17, 15) is 9.59 Å². The number of benzene rings is 1. The number of carboxylic acid groups (broad SMARTS) is 1. The van der Waals surface area contributed by atoms with Crippen LogP contribution in [0.2, 0.25) is 0 Å². The lowest BCUT2D eigenvalue weighted by atomic mass is 10.1. The van der Waals surface area contributed by atoms with Crippen molar-refractivity contribution in [3.8, 4) is 11.5 Å². The Balaban J connectivity index is 2.83. The Morgan fingerprint density at radius 2 is 2.00 bits per heavy atom. The van der Waals surface area contributed by atoms with Crippen molar-refractivity contribution in [2.45, 2.75) is 13.3 Å². The third-order valence-electron chi connectivity index (χ3n) is 3.00. The molecule has 0 heterocycles. The molecule has 1 unspecified atom stereocenters. The quantitative estimate of drug-likeness (QED) is 0.792. The Bertz CT molecular complexity index is 486. The molecule has 0 saturated heterocycles. The molecule has 2 N–H and O–H groups in total. The van der Waals surface area contributed by atoms with Gasteiger partial charge in [0.15, 0.2) is 0 Å². The molecule has 20 heavy (non-hydrogen) atoms. The molecule has 0 radical (unpaired) electrons. The van der Waals surface area contributed by atoms with Gasteiger partial charge >= 0.3 is 5.97 Å². The molecule has 0 aliphatic carbocycles. The van der Waals surface area contributed by atoms with Crippen LogP contribution in [0, 0.1) is 5.92 Å². The maximum Gasteiger partial charge on any atom is 0.308 e. The van der Waals surface area contributed by atoms with E-state index in [1.165, 1.54) is 14.2 Å². The van der Waals surface area contributed by atoms with E-state index in [0.717, 1.165) is 0 Å². The van der Waals surface area contributed by atoms with Gasteiger partial charge < -0.3 is 19.9 Å². The summed E-state index contributed by atoms with van der Waals surface area (Å²) in [6, 6.07) is 4.86. The van der Waals surface area contributed by atoms with Gasteiger partial charge in [-0.2, -0.15) is 0 Å². The SMILES string of the molecule is CCC(CNC(=O)c1cc(OC)ccc1OC)C(=O)O. The maximum absolute atomic E-state index is 12.1. The van der Waals surface area contributed by atoms with Crippen LogP contribution in [0.25, 0.3) is 0 Å². The standard InChI is InChI=1S/C14H19NO5/c1-4-9(14(17)18)8-15-13(16)11-7-10(19-2)5-6-12(11)20-3/h5-7,9H,4,8H2,1-3H3,(H,15,16)(H,17,18). The molecule has 0 saturated carbocycles. The number of ether oxygens (including phenoxy) is 2. The Morgan fingerprint density at radius 1 is 1.30 bits per heavy atom. The minimum Gasteiger partial charge on any atom is -0.497 e. The van der Waals surface area contributed by atoms with Crippen LogP contribution in [0.4, 0.5) is 0 Å². The molecule has 0 aliphatic heterocycles. The molecule has 0 spiro atoms. The first-order valence-corrected chi connectivity index (χ1v) is 6.26. The molecule has 0 bridgehead atoms. The minimum absolute atomic E-state index is 0.0744. The van der Waals surface area contributed by atoms with Crippen molar-refractivity contribution in [1.82, 2.24) is 5.32 Å². The average Bonchev–Trinajstić information content (AvgIpc) is 2.46. The van der Waals surface area contributed by atoms with Crippen molar-refractivity contribution in [3.05, 3.63) is 23.8 Å². The van der Waals surface area contributed by atoms with Crippen molar-refractivity contribution in [2.75, 3.05) is 20.8 Å². The van der Waals surface area contributed by atoms with E-state index in [1.54, 1.807) is 25.1 Å². The molecule has 6 nitrogen and oxygen atoms in total. The van der Waals surface area contributed by atoms with E-state index >= 15 is 0 Å². The summed E-state index contributed by atoms with van der Waals surface area (Å²) in [5.74, 6) is -0.977. The van der Waals surface area contributed by atoms with Crippen LogP contribution in [-0.4, -0.2) is 37.7 Å². The molecule has 6 heteroatoms. The number of hydrogen-bond donors (Lipinski definition) is 2. The molecular formula is C14H19NO5. The number of nitrogens with one attached hydrogen (secondary N) is 1. The molecule has 110 valence electrons. The van der Waals surface area contributed by atoms with E-state index in [-0.39, 0.29) is 12.5 Å². The molecular weight excluding hydrogens is 262 g/mol. The second kappa shape index (κ2) is 7.37. The second-order valence-corrected chi connectivity index (χ2v) is 4.22. The van der Waals surface area contributed by atoms with Gasteiger partial charge in [0, 0.05) is 6.54 Å². The predicted octanol–water partition coefficient (Wildman–Crippen LogP) is 1.54. The van der Waals surface area contributed by atoms with Crippen LogP contribution in [0.1, 0.15) is 23.7 Å². The average molecular weight is 281 g/mol. The monoisotopic (exact) mass is 281 g/mol. The van der Waals surface area contributed by atoms with Crippen LogP contribution in [0.5, 0.6) is 11.5 Å². The summed E-state index contributed by atoms with van der Waals surface area (Å²) >= 11 is 0. The lowest BCUT2D eigenvalue weighted by Crippen LogP contribution is -2.32. The van der Waals surface area contributed by atoms with Crippen LogP contribution < -0.4 is 14.8 Å². The van der Waals surface area contributed by atoms with Crippen molar-refractivity contribution in [3.63, 3.8) is 0 Å². The van der Waals surface area contributed by atoms with Gasteiger partial charge in [0.1, 0.15) is 11.5 Å². The van der Waals surface area contributed by atoms with Gasteiger partial charge in [0.2, 0.25) is 0 Å². The summed E-state index contributed by atoms with van der Waals surface area (Å²) in [7, 11) is 2.96. The molecule has 0 aliphatic rings. The third-order valence-corrected chi connectivity index (χ3v) is 3.00. The lowest BCUT2D eigenvalue weighted by molar-refractivity contribution is -0.141. The third kappa shape index (κ3) is 3.88. The van der Waals surface area contributed by atoms with Gasteiger partial charge in [-0.05, 0) is 24.6 Å². The molecule has 0 aromatic heterocycles. The summed E-state index contributed by atoms with van der Waals surface area (Å²) in [6.07, 6.45) is 0.449. The van der Waals surface area contributed by atoms with E-state index < -0.39 is 11.9 Å². The highest BCUT2D eigenvalue weighted by Crippen LogP contribution is 2.23. The first-order valence-electron chi connectivity index (χ1n) is 6.26. The van der Waals surface area contributed by atoms with Crippen LogP contribution in [0.15, 0.2) is 18.2 Å². The lowest BCUT2D eigenvalue weighted by Gasteiger charge is -2.13. The number of rotatable bonds is 7. The van der Waals surface area contributed by atoms with Crippen molar-refractivity contribution < 1.29 is 24.2 Å². The normalized spacial score (nSPS) is 11.6. The van der Waals surface area contributed by atoms with Crippen molar-refractivity contribution in [1.29, 1.82) is 0 Å². The zero-order valence-electron chi connectivity index (χ0n) is 11.8. The molecule has 1 rings (SSSR count). The van der Waals surface area contributed by atoms with Crippen LogP contribution in [-0.2, 0) is 4.79 Å². The molecule has 1 atom stereocenters. The van der Waals surface area contributed by atoms with Crippen LogP contribution in [0.3, 0.4) is 0 Å². The van der Waals surface area contributed by atoms with Gasteiger partial charge in [-0.25, -0.2) is 0 Å².